The van der Waals surface area contributed by atoms with E-state index in [-0.39, 0.29) is 11.4 Å². The maximum absolute atomic E-state index is 7.56. The van der Waals surface area contributed by atoms with Crippen molar-refractivity contribution >= 4 is 23.2 Å². The Kier molecular flexibility index (Phi) is 3.06. The van der Waals surface area contributed by atoms with Crippen LogP contribution in [-0.2, 0) is 0 Å². The van der Waals surface area contributed by atoms with E-state index in [2.05, 4.69) is 31.2 Å². The summed E-state index contributed by atoms with van der Waals surface area (Å²) >= 11 is 1.62. The minimum Gasteiger partial charge on any atom is -0.299 e. The third-order valence-electron chi connectivity index (χ3n) is 2.25. The summed E-state index contributed by atoms with van der Waals surface area (Å²) in [7, 11) is 0. The smallest absolute Gasteiger partial charge is 0.0800 e. The second-order valence-corrected chi connectivity index (χ2v) is 4.77. The van der Waals surface area contributed by atoms with Gasteiger partial charge in [0.25, 0.3) is 0 Å². The highest BCUT2D eigenvalue weighted by Crippen LogP contribution is 2.28. The van der Waals surface area contributed by atoms with Gasteiger partial charge in [0, 0.05) is 9.80 Å². The average Bonchev–Trinajstić information content (AvgIpc) is 2.27. The Morgan fingerprint density at radius 1 is 0.938 bits per heavy atom. The molecule has 0 aliphatic heterocycles. The Balaban J connectivity index is 2.14. The van der Waals surface area contributed by atoms with Crippen LogP contribution in [-0.4, -0.2) is 11.4 Å². The summed E-state index contributed by atoms with van der Waals surface area (Å²) in [5.41, 5.74) is 1.79. The van der Waals surface area contributed by atoms with Gasteiger partial charge in [-0.2, -0.15) is 0 Å². The van der Waals surface area contributed by atoms with Gasteiger partial charge in [-0.1, -0.05) is 29.5 Å². The molecular formula is C13H12N2S. The van der Waals surface area contributed by atoms with Crippen LogP contribution in [0, 0.1) is 17.7 Å². The fourth-order valence-corrected chi connectivity index (χ4v) is 2.19. The van der Waals surface area contributed by atoms with Crippen molar-refractivity contribution in [3.8, 4) is 0 Å². The van der Waals surface area contributed by atoms with E-state index in [1.807, 2.05) is 6.08 Å². The third kappa shape index (κ3) is 2.49. The van der Waals surface area contributed by atoms with Crippen LogP contribution in [0.2, 0.25) is 0 Å². The minimum absolute atomic E-state index is 0.272. The minimum atomic E-state index is 0.272. The second-order valence-electron chi connectivity index (χ2n) is 3.62. The van der Waals surface area contributed by atoms with Gasteiger partial charge >= 0.3 is 0 Å². The molecule has 3 heteroatoms. The molecule has 0 aromatic heterocycles. The highest BCUT2D eigenvalue weighted by molar-refractivity contribution is 8.03. The highest BCUT2D eigenvalue weighted by Gasteiger charge is 2.07. The lowest BCUT2D eigenvalue weighted by Gasteiger charge is -2.08. The van der Waals surface area contributed by atoms with Gasteiger partial charge < -0.3 is 0 Å². The summed E-state index contributed by atoms with van der Waals surface area (Å²) in [6.07, 6.45) is 5.27. The zero-order valence-corrected chi connectivity index (χ0v) is 9.77. The molecule has 2 rings (SSSR count). The number of nitrogens with one attached hydrogen (secondary N) is 2. The van der Waals surface area contributed by atoms with Crippen LogP contribution in [0.3, 0.4) is 0 Å². The topological polar surface area (TPSA) is 47.7 Å². The molecule has 0 radical (unpaired) electrons. The van der Waals surface area contributed by atoms with Crippen LogP contribution in [0.5, 0.6) is 0 Å². The normalized spacial score (nSPS) is 15.2. The summed E-state index contributed by atoms with van der Waals surface area (Å²) in [5.74, 6) is 0. The SMILES string of the molecule is Cc1ccc(SC2=CC(=N)C(=N)C=C2)cc1. The molecule has 1 aliphatic carbocycles. The molecule has 16 heavy (non-hydrogen) atoms. The number of aryl methyl sites for hydroxylation is 1. The zero-order chi connectivity index (χ0) is 11.5. The largest absolute Gasteiger partial charge is 0.299 e. The molecule has 0 spiro atoms. The number of rotatable bonds is 2. The summed E-state index contributed by atoms with van der Waals surface area (Å²) in [4.78, 5) is 2.16. The quantitative estimate of drug-likeness (QED) is 0.747. The third-order valence-corrected chi connectivity index (χ3v) is 3.25. The first-order valence-electron chi connectivity index (χ1n) is 4.97. The molecule has 1 aliphatic rings. The van der Waals surface area contributed by atoms with Crippen molar-refractivity contribution in [3.63, 3.8) is 0 Å². The van der Waals surface area contributed by atoms with Crippen LogP contribution in [0.1, 0.15) is 5.56 Å². The molecule has 2 nitrogen and oxygen atoms in total. The van der Waals surface area contributed by atoms with E-state index in [4.69, 9.17) is 10.8 Å². The van der Waals surface area contributed by atoms with Crippen LogP contribution in [0.25, 0.3) is 0 Å². The van der Waals surface area contributed by atoms with Crippen molar-refractivity contribution < 1.29 is 0 Å². The number of benzene rings is 1. The first-order chi connectivity index (χ1) is 7.65. The monoisotopic (exact) mass is 228 g/mol. The molecule has 2 N–H and O–H groups in total. The second kappa shape index (κ2) is 4.49. The number of allylic oxidation sites excluding steroid dienone is 3. The van der Waals surface area contributed by atoms with Gasteiger partial charge in [-0.3, -0.25) is 10.8 Å². The number of thioether (sulfide) groups is 1. The van der Waals surface area contributed by atoms with Crippen LogP contribution >= 0.6 is 11.8 Å². The number of hydrogen-bond donors (Lipinski definition) is 2. The van der Waals surface area contributed by atoms with Crippen molar-refractivity contribution in [1.82, 2.24) is 0 Å². The lowest BCUT2D eigenvalue weighted by atomic mass is 10.1. The molecule has 0 heterocycles. The molecule has 1 aromatic carbocycles. The predicted molar refractivity (Wildman–Crippen MR) is 69.7 cm³/mol. The fourth-order valence-electron chi connectivity index (χ4n) is 1.33. The van der Waals surface area contributed by atoms with E-state index in [9.17, 15) is 0 Å². The first kappa shape index (κ1) is 10.9. The Morgan fingerprint density at radius 3 is 2.25 bits per heavy atom. The summed E-state index contributed by atoms with van der Waals surface area (Å²) in [5, 5.41) is 15.0. The molecule has 0 bridgehead atoms. The van der Waals surface area contributed by atoms with E-state index in [0.717, 1.165) is 9.80 Å². The van der Waals surface area contributed by atoms with Crippen molar-refractivity contribution in [2.24, 2.45) is 0 Å². The van der Waals surface area contributed by atoms with Gasteiger partial charge in [0.1, 0.15) is 0 Å². The van der Waals surface area contributed by atoms with E-state index in [0.29, 0.717) is 0 Å². The molecule has 0 amide bonds. The molecule has 0 unspecified atom stereocenters. The average molecular weight is 228 g/mol. The molecule has 0 saturated heterocycles. The molecule has 0 fully saturated rings. The lowest BCUT2D eigenvalue weighted by molar-refractivity contribution is 1.38. The first-order valence-corrected chi connectivity index (χ1v) is 5.78. The van der Waals surface area contributed by atoms with Crippen LogP contribution in [0.4, 0.5) is 0 Å². The van der Waals surface area contributed by atoms with E-state index < -0.39 is 0 Å². The molecule has 0 saturated carbocycles. The fraction of sp³-hybridized carbons (Fsp3) is 0.0769. The molecule has 1 aromatic rings. The summed E-state index contributed by atoms with van der Waals surface area (Å²) in [6.45, 7) is 2.06. The van der Waals surface area contributed by atoms with E-state index >= 15 is 0 Å². The Bertz CT molecular complexity index is 495. The molecular weight excluding hydrogens is 216 g/mol. The van der Waals surface area contributed by atoms with Gasteiger partial charge in [-0.25, -0.2) is 0 Å². The lowest BCUT2D eigenvalue weighted by Crippen LogP contribution is -2.09. The van der Waals surface area contributed by atoms with Gasteiger partial charge in [-0.05, 0) is 37.3 Å². The zero-order valence-electron chi connectivity index (χ0n) is 8.95. The number of hydrogen-bond acceptors (Lipinski definition) is 3. The van der Waals surface area contributed by atoms with Crippen LogP contribution in [0.15, 0.2) is 52.3 Å². The Morgan fingerprint density at radius 2 is 1.62 bits per heavy atom. The van der Waals surface area contributed by atoms with Gasteiger partial charge in [0.2, 0.25) is 0 Å². The summed E-state index contributed by atoms with van der Waals surface area (Å²) in [6, 6.07) is 8.28. The highest BCUT2D eigenvalue weighted by atomic mass is 32.2. The van der Waals surface area contributed by atoms with E-state index in [1.165, 1.54) is 5.56 Å². The maximum Gasteiger partial charge on any atom is 0.0800 e. The molecule has 0 atom stereocenters. The molecule has 80 valence electrons. The Labute approximate surface area is 99.1 Å². The Hall–Kier alpha value is -1.61. The maximum atomic E-state index is 7.56. The van der Waals surface area contributed by atoms with Gasteiger partial charge in [0.05, 0.1) is 11.4 Å². The van der Waals surface area contributed by atoms with E-state index in [1.54, 1.807) is 23.9 Å². The van der Waals surface area contributed by atoms with Crippen LogP contribution < -0.4 is 0 Å². The van der Waals surface area contributed by atoms with Crippen molar-refractivity contribution in [2.45, 2.75) is 11.8 Å². The van der Waals surface area contributed by atoms with Crippen molar-refractivity contribution in [3.05, 3.63) is 53.0 Å². The predicted octanol–water partition coefficient (Wildman–Crippen LogP) is 3.58. The van der Waals surface area contributed by atoms with Crippen molar-refractivity contribution in [1.29, 1.82) is 10.8 Å². The standard InChI is InChI=1S/C13H12N2S/c1-9-2-4-10(5-3-9)16-11-6-7-12(14)13(15)8-11/h2-8,14-15H,1H3. The summed E-state index contributed by atoms with van der Waals surface area (Å²) < 4.78 is 0. The van der Waals surface area contributed by atoms with Gasteiger partial charge in [0.15, 0.2) is 0 Å². The van der Waals surface area contributed by atoms with Crippen molar-refractivity contribution in [2.75, 3.05) is 0 Å². The van der Waals surface area contributed by atoms with Gasteiger partial charge in [-0.15, -0.1) is 0 Å².